The molecule has 1 fully saturated rings. The van der Waals surface area contributed by atoms with E-state index in [-0.39, 0.29) is 18.4 Å². The largest absolute Gasteiger partial charge is 0.480 e. The second kappa shape index (κ2) is 6.00. The van der Waals surface area contributed by atoms with Gasteiger partial charge in [0.2, 0.25) is 5.91 Å². The van der Waals surface area contributed by atoms with Gasteiger partial charge in [-0.05, 0) is 32.6 Å². The molecule has 2 N–H and O–H groups in total. The summed E-state index contributed by atoms with van der Waals surface area (Å²) in [6, 6.07) is 0. The van der Waals surface area contributed by atoms with Crippen LogP contribution in [-0.2, 0) is 14.3 Å². The van der Waals surface area contributed by atoms with Crippen LogP contribution in [0.5, 0.6) is 0 Å². The number of nitrogens with one attached hydrogen (secondary N) is 1. The van der Waals surface area contributed by atoms with E-state index in [2.05, 4.69) is 5.32 Å². The van der Waals surface area contributed by atoms with Gasteiger partial charge in [0.05, 0.1) is 12.5 Å². The predicted octanol–water partition coefficient (Wildman–Crippen LogP) is 1.32. The molecule has 0 spiro atoms. The van der Waals surface area contributed by atoms with Crippen LogP contribution in [0.2, 0.25) is 0 Å². The summed E-state index contributed by atoms with van der Waals surface area (Å²) in [5, 5.41) is 11.6. The first-order valence-electron chi connectivity index (χ1n) is 6.14. The molecule has 0 aromatic carbocycles. The van der Waals surface area contributed by atoms with Gasteiger partial charge < -0.3 is 15.2 Å². The van der Waals surface area contributed by atoms with Crippen LogP contribution in [0.4, 0.5) is 0 Å². The zero-order valence-corrected chi connectivity index (χ0v) is 10.5. The monoisotopic (exact) mass is 243 g/mol. The van der Waals surface area contributed by atoms with E-state index in [0.717, 1.165) is 19.3 Å². The molecule has 2 unspecified atom stereocenters. The van der Waals surface area contributed by atoms with Crippen molar-refractivity contribution in [1.82, 2.24) is 5.32 Å². The van der Waals surface area contributed by atoms with E-state index in [4.69, 9.17) is 9.84 Å². The third-order valence-electron chi connectivity index (χ3n) is 3.28. The van der Waals surface area contributed by atoms with Crippen molar-refractivity contribution in [3.8, 4) is 0 Å². The average molecular weight is 243 g/mol. The maximum Gasteiger partial charge on any atom is 0.329 e. The van der Waals surface area contributed by atoms with Gasteiger partial charge in [-0.2, -0.15) is 0 Å². The fourth-order valence-electron chi connectivity index (χ4n) is 1.83. The number of carbonyl (C=O) groups excluding carboxylic acids is 1. The Morgan fingerprint density at radius 1 is 1.47 bits per heavy atom. The summed E-state index contributed by atoms with van der Waals surface area (Å²) in [4.78, 5) is 22.8. The average Bonchev–Trinajstić information content (AvgIpc) is 2.29. The molecule has 1 saturated heterocycles. The van der Waals surface area contributed by atoms with Crippen molar-refractivity contribution in [2.75, 3.05) is 6.61 Å². The predicted molar refractivity (Wildman–Crippen MR) is 62.7 cm³/mol. The van der Waals surface area contributed by atoms with Gasteiger partial charge in [0.15, 0.2) is 0 Å². The number of aliphatic carboxylic acids is 1. The Labute approximate surface area is 102 Å². The van der Waals surface area contributed by atoms with Gasteiger partial charge in [0.1, 0.15) is 5.54 Å². The summed E-state index contributed by atoms with van der Waals surface area (Å²) in [5.74, 6) is -1.25. The summed E-state index contributed by atoms with van der Waals surface area (Å²) in [6.45, 7) is 3.96. The van der Waals surface area contributed by atoms with Crippen LogP contribution < -0.4 is 5.32 Å². The Morgan fingerprint density at radius 3 is 2.65 bits per heavy atom. The summed E-state index contributed by atoms with van der Waals surface area (Å²) in [5.41, 5.74) is -1.17. The van der Waals surface area contributed by atoms with Crippen molar-refractivity contribution in [1.29, 1.82) is 0 Å². The lowest BCUT2D eigenvalue weighted by Gasteiger charge is -2.27. The molecular formula is C12H21NO4. The van der Waals surface area contributed by atoms with Crippen LogP contribution in [0.3, 0.4) is 0 Å². The summed E-state index contributed by atoms with van der Waals surface area (Å²) >= 11 is 0. The number of ether oxygens (including phenoxy) is 1. The quantitative estimate of drug-likeness (QED) is 0.763. The third-order valence-corrected chi connectivity index (χ3v) is 3.28. The number of carbonyl (C=O) groups is 2. The molecular weight excluding hydrogens is 222 g/mol. The van der Waals surface area contributed by atoms with E-state index in [0.29, 0.717) is 13.0 Å². The molecule has 0 bridgehead atoms. The van der Waals surface area contributed by atoms with E-state index in [1.54, 1.807) is 6.92 Å². The fourth-order valence-corrected chi connectivity index (χ4v) is 1.83. The number of hydrogen-bond donors (Lipinski definition) is 2. The van der Waals surface area contributed by atoms with Crippen LogP contribution in [0.15, 0.2) is 0 Å². The second-order valence-corrected chi connectivity index (χ2v) is 4.73. The fraction of sp³-hybridized carbons (Fsp3) is 0.833. The van der Waals surface area contributed by atoms with E-state index in [1.165, 1.54) is 6.92 Å². The molecule has 0 aromatic rings. The summed E-state index contributed by atoms with van der Waals surface area (Å²) in [7, 11) is 0. The zero-order chi connectivity index (χ0) is 12.9. The molecule has 1 heterocycles. The van der Waals surface area contributed by atoms with Crippen molar-refractivity contribution >= 4 is 11.9 Å². The lowest BCUT2D eigenvalue weighted by molar-refractivity contribution is -0.147. The Balaban J connectivity index is 2.44. The van der Waals surface area contributed by atoms with Gasteiger partial charge >= 0.3 is 5.97 Å². The number of carboxylic acid groups (broad SMARTS) is 1. The highest BCUT2D eigenvalue weighted by Gasteiger charge is 2.33. The minimum Gasteiger partial charge on any atom is -0.480 e. The van der Waals surface area contributed by atoms with E-state index >= 15 is 0 Å². The normalized spacial score (nSPS) is 23.8. The van der Waals surface area contributed by atoms with Gasteiger partial charge in [-0.3, -0.25) is 4.79 Å². The van der Waals surface area contributed by atoms with Crippen LogP contribution >= 0.6 is 0 Å². The molecule has 0 aromatic heterocycles. The molecule has 98 valence electrons. The van der Waals surface area contributed by atoms with Crippen molar-refractivity contribution in [2.45, 2.75) is 57.6 Å². The van der Waals surface area contributed by atoms with Gasteiger partial charge in [-0.15, -0.1) is 0 Å². The molecule has 1 aliphatic heterocycles. The number of amides is 1. The Kier molecular flexibility index (Phi) is 4.93. The van der Waals surface area contributed by atoms with E-state index in [9.17, 15) is 9.59 Å². The summed E-state index contributed by atoms with van der Waals surface area (Å²) < 4.78 is 5.45. The highest BCUT2D eigenvalue weighted by molar-refractivity contribution is 5.86. The maximum atomic E-state index is 11.7. The van der Waals surface area contributed by atoms with Crippen LogP contribution in [0.25, 0.3) is 0 Å². The highest BCUT2D eigenvalue weighted by atomic mass is 16.5. The van der Waals surface area contributed by atoms with Crippen LogP contribution in [-0.4, -0.2) is 35.2 Å². The van der Waals surface area contributed by atoms with Crippen molar-refractivity contribution in [2.24, 2.45) is 0 Å². The Bertz CT molecular complexity index is 286. The smallest absolute Gasteiger partial charge is 0.329 e. The zero-order valence-electron chi connectivity index (χ0n) is 10.5. The SMILES string of the molecule is CCC(C)(NC(=O)CC1CCCCO1)C(=O)O. The minimum atomic E-state index is -1.17. The standard InChI is InChI=1S/C12H21NO4/c1-3-12(2,11(15)16)13-10(14)8-9-6-4-5-7-17-9/h9H,3-8H2,1-2H3,(H,13,14)(H,15,16). The first-order chi connectivity index (χ1) is 7.98. The van der Waals surface area contributed by atoms with Crippen molar-refractivity contribution < 1.29 is 19.4 Å². The van der Waals surface area contributed by atoms with Gasteiger partial charge in [0.25, 0.3) is 0 Å². The molecule has 0 radical (unpaired) electrons. The second-order valence-electron chi connectivity index (χ2n) is 4.73. The molecule has 1 aliphatic rings. The lowest BCUT2D eigenvalue weighted by Crippen LogP contribution is -2.52. The van der Waals surface area contributed by atoms with Crippen LogP contribution in [0, 0.1) is 0 Å². The molecule has 0 aliphatic carbocycles. The Hall–Kier alpha value is -1.10. The lowest BCUT2D eigenvalue weighted by atomic mass is 9.98. The molecule has 1 amide bonds. The van der Waals surface area contributed by atoms with Gasteiger partial charge in [0, 0.05) is 6.61 Å². The van der Waals surface area contributed by atoms with E-state index in [1.807, 2.05) is 0 Å². The molecule has 1 rings (SSSR count). The molecule has 0 saturated carbocycles. The Morgan fingerprint density at radius 2 is 2.18 bits per heavy atom. The molecule has 5 heteroatoms. The minimum absolute atomic E-state index is 0.0568. The number of carboxylic acids is 1. The third kappa shape index (κ3) is 4.00. The topological polar surface area (TPSA) is 75.6 Å². The maximum absolute atomic E-state index is 11.7. The molecule has 17 heavy (non-hydrogen) atoms. The number of hydrogen-bond acceptors (Lipinski definition) is 3. The van der Waals surface area contributed by atoms with Crippen molar-refractivity contribution in [3.63, 3.8) is 0 Å². The summed E-state index contributed by atoms with van der Waals surface area (Å²) in [6.07, 6.45) is 3.55. The van der Waals surface area contributed by atoms with E-state index < -0.39 is 11.5 Å². The highest BCUT2D eigenvalue weighted by Crippen LogP contribution is 2.16. The number of rotatable bonds is 5. The molecule has 2 atom stereocenters. The van der Waals surface area contributed by atoms with Crippen LogP contribution in [0.1, 0.15) is 46.0 Å². The first-order valence-corrected chi connectivity index (χ1v) is 6.14. The van der Waals surface area contributed by atoms with Gasteiger partial charge in [-0.25, -0.2) is 4.79 Å². The van der Waals surface area contributed by atoms with Crippen molar-refractivity contribution in [3.05, 3.63) is 0 Å². The first kappa shape index (κ1) is 14.0. The molecule has 5 nitrogen and oxygen atoms in total. The van der Waals surface area contributed by atoms with Gasteiger partial charge in [-0.1, -0.05) is 6.92 Å².